The van der Waals surface area contributed by atoms with Crippen LogP contribution in [-0.2, 0) is 16.1 Å². The van der Waals surface area contributed by atoms with Crippen LogP contribution in [0.4, 0.5) is 0 Å². The molecule has 0 saturated heterocycles. The Hall–Kier alpha value is -1.47. The minimum Gasteiger partial charge on any atom is -0.481 e. The van der Waals surface area contributed by atoms with Gasteiger partial charge in [-0.05, 0) is 19.3 Å². The lowest BCUT2D eigenvalue weighted by Gasteiger charge is -2.21. The SMILES string of the molecule is CCOCCNCc1noc([C@H](CCCC2CCCCC2)CC(=O)O)n1. The van der Waals surface area contributed by atoms with Crippen molar-refractivity contribution in [3.63, 3.8) is 0 Å². The smallest absolute Gasteiger partial charge is 0.304 e. The molecule has 0 bridgehead atoms. The van der Waals surface area contributed by atoms with Crippen molar-refractivity contribution in [2.45, 2.75) is 77.2 Å². The van der Waals surface area contributed by atoms with Crippen molar-refractivity contribution >= 4 is 5.97 Å². The van der Waals surface area contributed by atoms with Crippen molar-refractivity contribution in [2.75, 3.05) is 19.8 Å². The van der Waals surface area contributed by atoms with Gasteiger partial charge in [0.2, 0.25) is 5.89 Å². The Labute approximate surface area is 155 Å². The number of carbonyl (C=O) groups is 1. The van der Waals surface area contributed by atoms with E-state index >= 15 is 0 Å². The summed E-state index contributed by atoms with van der Waals surface area (Å²) in [6.45, 7) is 4.52. The molecule has 1 aliphatic carbocycles. The molecular formula is C19H33N3O4. The minimum absolute atomic E-state index is 0.0457. The highest BCUT2D eigenvalue weighted by Crippen LogP contribution is 2.31. The highest BCUT2D eigenvalue weighted by molar-refractivity contribution is 5.67. The van der Waals surface area contributed by atoms with Crippen LogP contribution in [0.3, 0.4) is 0 Å². The molecule has 0 unspecified atom stereocenters. The summed E-state index contributed by atoms with van der Waals surface area (Å²) in [6, 6.07) is 0. The molecule has 1 fully saturated rings. The molecule has 2 N–H and O–H groups in total. The number of nitrogens with zero attached hydrogens (tertiary/aromatic N) is 2. The zero-order chi connectivity index (χ0) is 18.6. The number of carboxylic acids is 1. The van der Waals surface area contributed by atoms with Crippen molar-refractivity contribution in [3.05, 3.63) is 11.7 Å². The van der Waals surface area contributed by atoms with Crippen molar-refractivity contribution in [3.8, 4) is 0 Å². The summed E-state index contributed by atoms with van der Waals surface area (Å²) < 4.78 is 10.6. The lowest BCUT2D eigenvalue weighted by atomic mass is 9.84. The average Bonchev–Trinajstić information content (AvgIpc) is 3.10. The Kier molecular flexibility index (Phi) is 9.63. The van der Waals surface area contributed by atoms with Gasteiger partial charge in [-0.1, -0.05) is 50.1 Å². The quantitative estimate of drug-likeness (QED) is 0.515. The van der Waals surface area contributed by atoms with Gasteiger partial charge in [0.05, 0.1) is 19.6 Å². The standard InChI is InChI=1S/C19H33N3O4/c1-2-25-12-11-20-14-17-21-19(26-22-17)16(13-18(23)24)10-6-9-15-7-4-3-5-8-15/h15-16,20H,2-14H2,1H3,(H,23,24)/t16-/m1/s1. The number of hydrogen-bond acceptors (Lipinski definition) is 6. The number of ether oxygens (including phenoxy) is 1. The molecule has 1 aliphatic rings. The van der Waals surface area contributed by atoms with Gasteiger partial charge in [0.1, 0.15) is 0 Å². The van der Waals surface area contributed by atoms with Gasteiger partial charge < -0.3 is 19.7 Å². The van der Waals surface area contributed by atoms with E-state index < -0.39 is 5.97 Å². The third-order valence-electron chi connectivity index (χ3n) is 5.05. The Morgan fingerprint density at radius 2 is 2.19 bits per heavy atom. The second-order valence-corrected chi connectivity index (χ2v) is 7.15. The first kappa shape index (κ1) is 20.8. The molecule has 2 rings (SSSR count). The molecule has 1 aromatic rings. The molecular weight excluding hydrogens is 334 g/mol. The number of carboxylic acid groups (broad SMARTS) is 1. The molecule has 1 saturated carbocycles. The van der Waals surface area contributed by atoms with Crippen LogP contribution in [0.2, 0.25) is 0 Å². The van der Waals surface area contributed by atoms with E-state index in [1.165, 1.54) is 38.5 Å². The van der Waals surface area contributed by atoms with Gasteiger partial charge in [0.15, 0.2) is 5.82 Å². The van der Waals surface area contributed by atoms with E-state index in [4.69, 9.17) is 9.26 Å². The number of rotatable bonds is 13. The van der Waals surface area contributed by atoms with Gasteiger partial charge in [0.25, 0.3) is 0 Å². The molecule has 26 heavy (non-hydrogen) atoms. The molecule has 0 aliphatic heterocycles. The summed E-state index contributed by atoms with van der Waals surface area (Å²) in [7, 11) is 0. The monoisotopic (exact) mass is 367 g/mol. The third kappa shape index (κ3) is 7.83. The van der Waals surface area contributed by atoms with Gasteiger partial charge in [-0.15, -0.1) is 0 Å². The van der Waals surface area contributed by atoms with Gasteiger partial charge in [-0.25, -0.2) is 0 Å². The van der Waals surface area contributed by atoms with Crippen LogP contribution < -0.4 is 5.32 Å². The van der Waals surface area contributed by atoms with E-state index in [0.29, 0.717) is 31.5 Å². The lowest BCUT2D eigenvalue weighted by Crippen LogP contribution is -2.20. The summed E-state index contributed by atoms with van der Waals surface area (Å²) in [5, 5.41) is 16.4. The Morgan fingerprint density at radius 1 is 1.38 bits per heavy atom. The largest absolute Gasteiger partial charge is 0.481 e. The molecule has 0 radical (unpaired) electrons. The zero-order valence-corrected chi connectivity index (χ0v) is 15.9. The predicted molar refractivity (Wildman–Crippen MR) is 97.9 cm³/mol. The molecule has 148 valence electrons. The van der Waals surface area contributed by atoms with E-state index in [-0.39, 0.29) is 12.3 Å². The number of hydrogen-bond donors (Lipinski definition) is 2. The molecule has 1 aromatic heterocycles. The topological polar surface area (TPSA) is 97.5 Å². The van der Waals surface area contributed by atoms with Crippen molar-refractivity contribution in [2.24, 2.45) is 5.92 Å². The number of nitrogens with one attached hydrogen (secondary N) is 1. The van der Waals surface area contributed by atoms with E-state index in [2.05, 4.69) is 15.5 Å². The minimum atomic E-state index is -0.817. The normalized spacial score (nSPS) is 16.7. The van der Waals surface area contributed by atoms with E-state index in [1.54, 1.807) is 0 Å². The average molecular weight is 367 g/mol. The van der Waals surface area contributed by atoms with E-state index in [0.717, 1.165) is 25.3 Å². The van der Waals surface area contributed by atoms with Gasteiger partial charge >= 0.3 is 5.97 Å². The van der Waals surface area contributed by atoms with Crippen LogP contribution in [-0.4, -0.2) is 41.0 Å². The first-order valence-corrected chi connectivity index (χ1v) is 10.0. The second-order valence-electron chi connectivity index (χ2n) is 7.15. The molecule has 7 nitrogen and oxygen atoms in total. The molecule has 1 atom stereocenters. The van der Waals surface area contributed by atoms with Crippen LogP contribution in [0.5, 0.6) is 0 Å². The van der Waals surface area contributed by atoms with Crippen molar-refractivity contribution in [1.29, 1.82) is 0 Å². The summed E-state index contributed by atoms with van der Waals surface area (Å²) in [5.41, 5.74) is 0. The highest BCUT2D eigenvalue weighted by atomic mass is 16.5. The number of aliphatic carboxylic acids is 1. The molecule has 0 aromatic carbocycles. The summed E-state index contributed by atoms with van der Waals surface area (Å²) in [5.74, 6) is 0.821. The maximum absolute atomic E-state index is 11.2. The maximum atomic E-state index is 11.2. The van der Waals surface area contributed by atoms with Gasteiger partial charge in [0, 0.05) is 19.1 Å². The van der Waals surface area contributed by atoms with Gasteiger partial charge in [-0.3, -0.25) is 4.79 Å². The summed E-state index contributed by atoms with van der Waals surface area (Å²) in [4.78, 5) is 15.6. The predicted octanol–water partition coefficient (Wildman–Crippen LogP) is 3.50. The summed E-state index contributed by atoms with van der Waals surface area (Å²) in [6.07, 6.45) is 9.72. The third-order valence-corrected chi connectivity index (χ3v) is 5.05. The lowest BCUT2D eigenvalue weighted by molar-refractivity contribution is -0.137. The van der Waals surface area contributed by atoms with Crippen molar-refractivity contribution in [1.82, 2.24) is 15.5 Å². The van der Waals surface area contributed by atoms with Crippen LogP contribution >= 0.6 is 0 Å². The van der Waals surface area contributed by atoms with Crippen molar-refractivity contribution < 1.29 is 19.2 Å². The molecule has 0 spiro atoms. The fraction of sp³-hybridized carbons (Fsp3) is 0.842. The van der Waals surface area contributed by atoms with Gasteiger partial charge in [-0.2, -0.15) is 4.98 Å². The fourth-order valence-corrected chi connectivity index (χ4v) is 3.65. The molecule has 1 heterocycles. The highest BCUT2D eigenvalue weighted by Gasteiger charge is 2.23. The van der Waals surface area contributed by atoms with E-state index in [9.17, 15) is 9.90 Å². The first-order chi connectivity index (χ1) is 12.7. The zero-order valence-electron chi connectivity index (χ0n) is 15.9. The Bertz CT molecular complexity index is 515. The van der Waals surface area contributed by atoms with Crippen LogP contribution in [0.25, 0.3) is 0 Å². The summed E-state index contributed by atoms with van der Waals surface area (Å²) >= 11 is 0. The fourth-order valence-electron chi connectivity index (χ4n) is 3.65. The first-order valence-electron chi connectivity index (χ1n) is 10.0. The second kappa shape index (κ2) is 12.0. The number of aromatic nitrogens is 2. The maximum Gasteiger partial charge on any atom is 0.304 e. The van der Waals surface area contributed by atoms with Crippen LogP contribution in [0.15, 0.2) is 4.52 Å². The Balaban J connectivity index is 1.78. The molecule has 7 heteroatoms. The van der Waals surface area contributed by atoms with Crippen LogP contribution in [0.1, 0.15) is 82.3 Å². The molecule has 0 amide bonds. The Morgan fingerprint density at radius 3 is 2.92 bits per heavy atom. The van der Waals surface area contributed by atoms with E-state index in [1.807, 2.05) is 6.92 Å². The van der Waals surface area contributed by atoms with Crippen LogP contribution in [0, 0.1) is 5.92 Å².